The Morgan fingerprint density at radius 3 is 2.72 bits per heavy atom. The molecule has 0 aliphatic rings. The van der Waals surface area contributed by atoms with Gasteiger partial charge in [0.05, 0.1) is 12.3 Å². The number of benzene rings is 2. The zero-order valence-corrected chi connectivity index (χ0v) is 13.3. The maximum atomic E-state index is 12.3. The lowest BCUT2D eigenvalue weighted by atomic mass is 10.1. The molecule has 0 radical (unpaired) electrons. The fourth-order valence-electron chi connectivity index (χ4n) is 2.47. The van der Waals surface area contributed by atoms with E-state index in [2.05, 4.69) is 5.32 Å². The highest BCUT2D eigenvalue weighted by molar-refractivity contribution is 5.92. The molecule has 0 saturated heterocycles. The Kier molecular flexibility index (Phi) is 4.30. The summed E-state index contributed by atoms with van der Waals surface area (Å²) in [5, 5.41) is 22.0. The third-order valence-corrected chi connectivity index (χ3v) is 3.50. The number of nitrogens with one attached hydrogen (secondary N) is 1. The predicted molar refractivity (Wildman–Crippen MR) is 91.9 cm³/mol. The molecule has 128 valence electrons. The first-order chi connectivity index (χ1) is 12.0. The van der Waals surface area contributed by atoms with Crippen LogP contribution in [0.15, 0.2) is 51.7 Å². The van der Waals surface area contributed by atoms with Crippen LogP contribution in [-0.2, 0) is 4.74 Å². The van der Waals surface area contributed by atoms with Gasteiger partial charge in [-0.15, -0.1) is 0 Å². The second-order valence-electron chi connectivity index (χ2n) is 5.20. The van der Waals surface area contributed by atoms with Crippen LogP contribution >= 0.6 is 0 Å². The molecule has 7 nitrogen and oxygen atoms in total. The molecule has 0 aliphatic heterocycles. The first-order valence-corrected chi connectivity index (χ1v) is 7.52. The van der Waals surface area contributed by atoms with Gasteiger partial charge >= 0.3 is 6.09 Å². The molecule has 3 rings (SSSR count). The fourth-order valence-corrected chi connectivity index (χ4v) is 2.47. The highest BCUT2D eigenvalue weighted by atomic mass is 16.5. The highest BCUT2D eigenvalue weighted by Crippen LogP contribution is 2.33. The molecule has 1 heterocycles. The fraction of sp³-hybridized carbons (Fsp3) is 0.111. The van der Waals surface area contributed by atoms with Gasteiger partial charge in [0.15, 0.2) is 5.43 Å². The minimum absolute atomic E-state index is 0.0302. The number of phenols is 2. The molecule has 0 aliphatic carbocycles. The van der Waals surface area contributed by atoms with Gasteiger partial charge in [0.2, 0.25) is 0 Å². The van der Waals surface area contributed by atoms with Crippen LogP contribution in [0.1, 0.15) is 6.92 Å². The maximum Gasteiger partial charge on any atom is 0.411 e. The Morgan fingerprint density at radius 1 is 1.20 bits per heavy atom. The number of anilines is 1. The van der Waals surface area contributed by atoms with E-state index in [0.29, 0.717) is 11.3 Å². The van der Waals surface area contributed by atoms with Crippen molar-refractivity contribution in [3.05, 3.63) is 52.7 Å². The average molecular weight is 341 g/mol. The van der Waals surface area contributed by atoms with Crippen molar-refractivity contribution in [1.29, 1.82) is 0 Å². The molecule has 3 aromatic rings. The van der Waals surface area contributed by atoms with Gasteiger partial charge < -0.3 is 19.4 Å². The number of para-hydroxylation sites is 1. The first kappa shape index (κ1) is 16.4. The van der Waals surface area contributed by atoms with Crippen molar-refractivity contribution in [2.45, 2.75) is 6.92 Å². The van der Waals surface area contributed by atoms with Gasteiger partial charge in [0, 0.05) is 23.8 Å². The number of amides is 1. The standard InChI is InChI=1S/C18H15NO6/c1-2-24-18(23)19-12-6-4-3-5-11(12)15-9-14(22)17-13(21)7-10(20)8-16(17)25-15/h3-9,20-21H,2H2,1H3,(H,19,23). The van der Waals surface area contributed by atoms with E-state index in [9.17, 15) is 19.8 Å². The van der Waals surface area contributed by atoms with Crippen LogP contribution in [-0.4, -0.2) is 22.9 Å². The van der Waals surface area contributed by atoms with Crippen LogP contribution < -0.4 is 10.7 Å². The summed E-state index contributed by atoms with van der Waals surface area (Å²) >= 11 is 0. The number of hydrogen-bond acceptors (Lipinski definition) is 6. The van der Waals surface area contributed by atoms with Crippen LogP contribution in [0.3, 0.4) is 0 Å². The van der Waals surface area contributed by atoms with Crippen molar-refractivity contribution < 1.29 is 24.2 Å². The Morgan fingerprint density at radius 2 is 1.96 bits per heavy atom. The van der Waals surface area contributed by atoms with Crippen molar-refractivity contribution in [1.82, 2.24) is 0 Å². The minimum atomic E-state index is -0.631. The molecule has 25 heavy (non-hydrogen) atoms. The second kappa shape index (κ2) is 6.56. The lowest BCUT2D eigenvalue weighted by molar-refractivity contribution is 0.168. The summed E-state index contributed by atoms with van der Waals surface area (Å²) in [7, 11) is 0. The predicted octanol–water partition coefficient (Wildman–Crippen LogP) is 3.44. The zero-order chi connectivity index (χ0) is 18.0. The Balaban J connectivity index is 2.14. The monoisotopic (exact) mass is 341 g/mol. The molecule has 0 bridgehead atoms. The van der Waals surface area contributed by atoms with E-state index < -0.39 is 11.5 Å². The minimum Gasteiger partial charge on any atom is -0.508 e. The van der Waals surface area contributed by atoms with Crippen molar-refractivity contribution in [3.8, 4) is 22.8 Å². The van der Waals surface area contributed by atoms with E-state index >= 15 is 0 Å². The summed E-state index contributed by atoms with van der Waals surface area (Å²) in [6.07, 6.45) is -0.631. The van der Waals surface area contributed by atoms with E-state index in [4.69, 9.17) is 9.15 Å². The summed E-state index contributed by atoms with van der Waals surface area (Å²) in [4.78, 5) is 24.0. The van der Waals surface area contributed by atoms with Gasteiger partial charge in [-0.05, 0) is 19.1 Å². The molecule has 0 spiro atoms. The van der Waals surface area contributed by atoms with Gasteiger partial charge in [-0.2, -0.15) is 0 Å². The third-order valence-electron chi connectivity index (χ3n) is 3.50. The molecule has 2 aromatic carbocycles. The number of phenolic OH excluding ortho intramolecular Hbond substituents is 2. The molecule has 1 amide bonds. The van der Waals surface area contributed by atoms with Gasteiger partial charge in [-0.1, -0.05) is 12.1 Å². The number of carbonyl (C=O) groups excluding carboxylic acids is 1. The average Bonchev–Trinajstić information content (AvgIpc) is 2.54. The lowest BCUT2D eigenvalue weighted by Crippen LogP contribution is -2.14. The van der Waals surface area contributed by atoms with Crippen molar-refractivity contribution in [2.24, 2.45) is 0 Å². The summed E-state index contributed by atoms with van der Waals surface area (Å²) in [5.74, 6) is -0.425. The molecule has 0 saturated carbocycles. The largest absolute Gasteiger partial charge is 0.508 e. The SMILES string of the molecule is CCOC(=O)Nc1ccccc1-c1cc(=O)c2c(O)cc(O)cc2o1. The van der Waals surface area contributed by atoms with E-state index in [1.165, 1.54) is 12.1 Å². The maximum absolute atomic E-state index is 12.3. The van der Waals surface area contributed by atoms with E-state index in [1.807, 2.05) is 0 Å². The summed E-state index contributed by atoms with van der Waals surface area (Å²) in [5.41, 5.74) is 0.413. The molecule has 0 fully saturated rings. The van der Waals surface area contributed by atoms with E-state index in [0.717, 1.165) is 6.07 Å². The van der Waals surface area contributed by atoms with Crippen LogP contribution in [0.4, 0.5) is 10.5 Å². The Labute approximate surface area is 142 Å². The first-order valence-electron chi connectivity index (χ1n) is 7.52. The molecule has 0 unspecified atom stereocenters. The molecule has 3 N–H and O–H groups in total. The van der Waals surface area contributed by atoms with E-state index in [1.54, 1.807) is 31.2 Å². The quantitative estimate of drug-likeness (QED) is 0.673. The summed E-state index contributed by atoms with van der Waals surface area (Å²) in [6.45, 7) is 1.91. The zero-order valence-electron chi connectivity index (χ0n) is 13.3. The molecular weight excluding hydrogens is 326 g/mol. The van der Waals surface area contributed by atoms with Gasteiger partial charge in [0.25, 0.3) is 0 Å². The Hall–Kier alpha value is -3.48. The number of aromatic hydroxyl groups is 2. The smallest absolute Gasteiger partial charge is 0.411 e. The molecule has 1 aromatic heterocycles. The van der Waals surface area contributed by atoms with Crippen molar-refractivity contribution in [2.75, 3.05) is 11.9 Å². The van der Waals surface area contributed by atoms with Crippen LogP contribution in [0, 0.1) is 0 Å². The number of rotatable bonds is 3. The second-order valence-corrected chi connectivity index (χ2v) is 5.20. The summed E-state index contributed by atoms with van der Waals surface area (Å²) in [6, 6.07) is 10.2. The lowest BCUT2D eigenvalue weighted by Gasteiger charge is -2.11. The number of ether oxygens (including phenoxy) is 1. The molecule has 7 heteroatoms. The van der Waals surface area contributed by atoms with Crippen molar-refractivity contribution >= 4 is 22.7 Å². The Bertz CT molecular complexity index is 1010. The van der Waals surface area contributed by atoms with Gasteiger partial charge in [-0.3, -0.25) is 10.1 Å². The van der Waals surface area contributed by atoms with Crippen LogP contribution in [0.2, 0.25) is 0 Å². The number of fused-ring (bicyclic) bond motifs is 1. The third kappa shape index (κ3) is 3.25. The topological polar surface area (TPSA) is 109 Å². The van der Waals surface area contributed by atoms with Crippen LogP contribution in [0.25, 0.3) is 22.3 Å². The van der Waals surface area contributed by atoms with Gasteiger partial charge in [-0.25, -0.2) is 4.79 Å². The normalized spacial score (nSPS) is 10.6. The summed E-state index contributed by atoms with van der Waals surface area (Å²) < 4.78 is 10.5. The van der Waals surface area contributed by atoms with E-state index in [-0.39, 0.29) is 34.8 Å². The number of hydrogen-bond donors (Lipinski definition) is 3. The van der Waals surface area contributed by atoms with Crippen molar-refractivity contribution in [3.63, 3.8) is 0 Å². The number of carbonyl (C=O) groups is 1. The highest BCUT2D eigenvalue weighted by Gasteiger charge is 2.15. The van der Waals surface area contributed by atoms with Crippen LogP contribution in [0.5, 0.6) is 11.5 Å². The molecule has 0 atom stereocenters. The van der Waals surface area contributed by atoms with Gasteiger partial charge in [0.1, 0.15) is 28.2 Å². The molecular formula is C18H15NO6.